The Labute approximate surface area is 155 Å². The normalized spacial score (nSPS) is 10.5. The van der Waals surface area contributed by atoms with Crippen LogP contribution in [0.5, 0.6) is 0 Å². The van der Waals surface area contributed by atoms with E-state index in [9.17, 15) is 4.79 Å². The van der Waals surface area contributed by atoms with Crippen LogP contribution in [0.3, 0.4) is 0 Å². The molecule has 0 aliphatic carbocycles. The molecule has 0 aliphatic rings. The van der Waals surface area contributed by atoms with E-state index in [-0.39, 0.29) is 31.6 Å². The first-order valence-corrected chi connectivity index (χ1v) is 7.25. The van der Waals surface area contributed by atoms with E-state index in [2.05, 4.69) is 21.7 Å². The van der Waals surface area contributed by atoms with Crippen molar-refractivity contribution in [3.63, 3.8) is 0 Å². The van der Waals surface area contributed by atoms with Crippen LogP contribution in [0, 0.1) is 6.07 Å². The van der Waals surface area contributed by atoms with Crippen molar-refractivity contribution in [1.29, 1.82) is 0 Å². The predicted octanol–water partition coefficient (Wildman–Crippen LogP) is 4.08. The number of benzene rings is 2. The minimum atomic E-state index is -0.125. The molecule has 0 saturated carbocycles. The van der Waals surface area contributed by atoms with E-state index in [1.165, 1.54) is 19.9 Å². The molecule has 1 heterocycles. The van der Waals surface area contributed by atoms with Crippen molar-refractivity contribution >= 4 is 16.8 Å². The number of aromatic nitrogens is 2. The molecule has 0 atom stereocenters. The molecule has 1 aromatic heterocycles. The molecule has 0 amide bonds. The third-order valence-electron chi connectivity index (χ3n) is 3.15. The van der Waals surface area contributed by atoms with E-state index >= 15 is 0 Å². The molecule has 1 N–H and O–H groups in total. The quantitative estimate of drug-likeness (QED) is 0.329. The summed E-state index contributed by atoms with van der Waals surface area (Å²) in [5.41, 5.74) is 3.20. The summed E-state index contributed by atoms with van der Waals surface area (Å²) in [5, 5.41) is 8.36. The maximum atomic E-state index is 10.0. The van der Waals surface area contributed by atoms with Crippen molar-refractivity contribution in [3.05, 3.63) is 66.4 Å². The fourth-order valence-electron chi connectivity index (χ4n) is 2.21. The standard InChI is InChI=1S/C14H11N2.C5H8O2.Ir/c1-16-13-10-6-5-9-12(13)15-14(16)11-7-3-2-4-8-11;1-4(6)3-5(2)7;/h2-7,9-10H,1H3;3,6H,1-2H3;/q-1;;. The van der Waals surface area contributed by atoms with Crippen LogP contribution in [0.25, 0.3) is 22.4 Å². The molecule has 0 unspecified atom stereocenters. The molecule has 127 valence electrons. The monoisotopic (exact) mass is 500 g/mol. The van der Waals surface area contributed by atoms with Gasteiger partial charge in [0, 0.05) is 33.2 Å². The van der Waals surface area contributed by atoms with Gasteiger partial charge in [-0.1, -0.05) is 12.1 Å². The van der Waals surface area contributed by atoms with Gasteiger partial charge >= 0.3 is 0 Å². The number of carbonyl (C=O) groups excluding carboxylic acids is 1. The third-order valence-corrected chi connectivity index (χ3v) is 3.15. The maximum Gasteiger partial charge on any atom is 0.155 e. The van der Waals surface area contributed by atoms with Crippen LogP contribution in [-0.2, 0) is 31.9 Å². The number of aryl methyl sites for hydroxylation is 1. The molecule has 3 aromatic rings. The fourth-order valence-corrected chi connectivity index (χ4v) is 2.21. The largest absolute Gasteiger partial charge is 0.512 e. The number of aliphatic hydroxyl groups is 1. The molecular formula is C19H19IrN2O2-. The van der Waals surface area contributed by atoms with Gasteiger partial charge in [-0.3, -0.25) is 9.78 Å². The van der Waals surface area contributed by atoms with Crippen molar-refractivity contribution < 1.29 is 30.0 Å². The average Bonchev–Trinajstić information content (AvgIpc) is 2.85. The zero-order valence-electron chi connectivity index (χ0n) is 13.8. The smallest absolute Gasteiger partial charge is 0.155 e. The Morgan fingerprint density at radius 2 is 1.83 bits per heavy atom. The van der Waals surface area contributed by atoms with E-state index in [0.29, 0.717) is 0 Å². The molecule has 0 spiro atoms. The molecule has 4 nitrogen and oxygen atoms in total. The van der Waals surface area contributed by atoms with Crippen LogP contribution < -0.4 is 0 Å². The Hall–Kier alpha value is -2.23. The zero-order chi connectivity index (χ0) is 16.8. The van der Waals surface area contributed by atoms with Crippen LogP contribution in [0.15, 0.2) is 60.4 Å². The second-order valence-electron chi connectivity index (χ2n) is 5.16. The second-order valence-corrected chi connectivity index (χ2v) is 5.16. The SMILES string of the molecule is CC(=O)C=C(C)O.Cn1c(-c2[c-]cccc2)nc2ccccc21.[Ir]. The number of imidazole rings is 1. The molecule has 0 fully saturated rings. The van der Waals surface area contributed by atoms with E-state index < -0.39 is 0 Å². The second kappa shape index (κ2) is 9.16. The van der Waals surface area contributed by atoms with Gasteiger partial charge in [-0.2, -0.15) is 0 Å². The van der Waals surface area contributed by atoms with Gasteiger partial charge in [0.15, 0.2) is 5.78 Å². The summed E-state index contributed by atoms with van der Waals surface area (Å²) >= 11 is 0. The number of nitrogens with zero attached hydrogens (tertiary/aromatic N) is 2. The minimum absolute atomic E-state index is 0. The van der Waals surface area contributed by atoms with Crippen molar-refractivity contribution in [1.82, 2.24) is 9.55 Å². The Morgan fingerprint density at radius 1 is 1.17 bits per heavy atom. The number of hydrogen-bond acceptors (Lipinski definition) is 3. The minimum Gasteiger partial charge on any atom is -0.512 e. The molecule has 24 heavy (non-hydrogen) atoms. The number of ketones is 1. The van der Waals surface area contributed by atoms with Gasteiger partial charge in [-0.25, -0.2) is 0 Å². The predicted molar refractivity (Wildman–Crippen MR) is 92.1 cm³/mol. The van der Waals surface area contributed by atoms with E-state index in [1.807, 2.05) is 49.5 Å². The Bertz CT molecular complexity index is 835. The van der Waals surface area contributed by atoms with E-state index in [4.69, 9.17) is 5.11 Å². The molecule has 0 bridgehead atoms. The Morgan fingerprint density at radius 3 is 2.33 bits per heavy atom. The molecule has 2 aromatic carbocycles. The third kappa shape index (κ3) is 5.15. The molecule has 5 heteroatoms. The number of rotatable bonds is 2. The van der Waals surface area contributed by atoms with Crippen LogP contribution in [0.1, 0.15) is 13.8 Å². The molecule has 1 radical (unpaired) electrons. The number of fused-ring (bicyclic) bond motifs is 1. The first-order valence-electron chi connectivity index (χ1n) is 7.25. The maximum absolute atomic E-state index is 10.0. The molecule has 3 rings (SSSR count). The summed E-state index contributed by atoms with van der Waals surface area (Å²) < 4.78 is 2.10. The topological polar surface area (TPSA) is 55.1 Å². The van der Waals surface area contributed by atoms with Gasteiger partial charge in [0.1, 0.15) is 0 Å². The van der Waals surface area contributed by atoms with Gasteiger partial charge in [-0.15, -0.1) is 35.9 Å². The first kappa shape index (κ1) is 19.8. The van der Waals surface area contributed by atoms with Crippen molar-refractivity contribution in [2.45, 2.75) is 13.8 Å². The van der Waals surface area contributed by atoms with Crippen LogP contribution in [0.2, 0.25) is 0 Å². The summed E-state index contributed by atoms with van der Waals surface area (Å²) in [5.74, 6) is 0.898. The van der Waals surface area contributed by atoms with Gasteiger partial charge in [0.2, 0.25) is 0 Å². The summed E-state index contributed by atoms with van der Waals surface area (Å²) in [7, 11) is 2.03. The first-order chi connectivity index (χ1) is 11.0. The summed E-state index contributed by atoms with van der Waals surface area (Å²) in [6.45, 7) is 2.85. The van der Waals surface area contributed by atoms with Crippen LogP contribution in [-0.4, -0.2) is 20.4 Å². The van der Waals surface area contributed by atoms with Gasteiger partial charge < -0.3 is 9.67 Å². The van der Waals surface area contributed by atoms with E-state index in [0.717, 1.165) is 22.4 Å². The Kier molecular flexibility index (Phi) is 7.56. The number of hydrogen-bond donors (Lipinski definition) is 1. The molecule has 0 saturated heterocycles. The fraction of sp³-hybridized carbons (Fsp3) is 0.158. The number of allylic oxidation sites excluding steroid dienone is 2. The summed E-state index contributed by atoms with van der Waals surface area (Å²) in [6, 6.07) is 19.3. The summed E-state index contributed by atoms with van der Waals surface area (Å²) in [6.07, 6.45) is 1.17. The van der Waals surface area contributed by atoms with Crippen molar-refractivity contribution in [2.24, 2.45) is 7.05 Å². The van der Waals surface area contributed by atoms with Crippen molar-refractivity contribution in [2.75, 3.05) is 0 Å². The number of carbonyl (C=O) groups is 1. The number of para-hydroxylation sites is 2. The average molecular weight is 500 g/mol. The summed E-state index contributed by atoms with van der Waals surface area (Å²) in [4.78, 5) is 14.6. The van der Waals surface area contributed by atoms with E-state index in [1.54, 1.807) is 0 Å². The van der Waals surface area contributed by atoms with Gasteiger partial charge in [0.25, 0.3) is 0 Å². The number of aliphatic hydroxyl groups excluding tert-OH is 1. The van der Waals surface area contributed by atoms with Gasteiger partial charge in [0.05, 0.1) is 22.6 Å². The Balaban J connectivity index is 0.000000312. The van der Waals surface area contributed by atoms with Gasteiger partial charge in [-0.05, 0) is 26.0 Å². The van der Waals surface area contributed by atoms with Crippen LogP contribution in [0.4, 0.5) is 0 Å². The zero-order valence-corrected chi connectivity index (χ0v) is 16.2. The molecule has 0 aliphatic heterocycles. The van der Waals surface area contributed by atoms with Crippen LogP contribution >= 0.6 is 0 Å². The van der Waals surface area contributed by atoms with Crippen molar-refractivity contribution in [3.8, 4) is 11.4 Å². The molecular weight excluding hydrogens is 480 g/mol.